The van der Waals surface area contributed by atoms with Crippen molar-refractivity contribution in [2.45, 2.75) is 52.1 Å². The maximum absolute atomic E-state index is 12.6. The number of nitrogens with one attached hydrogen (secondary N) is 1. The quantitative estimate of drug-likeness (QED) is 0.857. The molecule has 1 aromatic heterocycles. The van der Waals surface area contributed by atoms with E-state index in [1.165, 1.54) is 6.42 Å². The van der Waals surface area contributed by atoms with Gasteiger partial charge in [0.2, 0.25) is 5.95 Å². The fourth-order valence-corrected chi connectivity index (χ4v) is 3.60. The summed E-state index contributed by atoms with van der Waals surface area (Å²) in [6.07, 6.45) is 4.60. The molecule has 0 saturated carbocycles. The molecule has 1 N–H and O–H groups in total. The Balaban J connectivity index is 1.76. The van der Waals surface area contributed by atoms with Crippen LogP contribution in [0.25, 0.3) is 0 Å². The first-order valence-electron chi connectivity index (χ1n) is 9.22. The molecule has 5 nitrogen and oxygen atoms in total. The van der Waals surface area contributed by atoms with E-state index < -0.39 is 0 Å². The number of piperidine rings is 1. The van der Waals surface area contributed by atoms with Crippen molar-refractivity contribution in [3.8, 4) is 0 Å². The zero-order valence-electron chi connectivity index (χ0n) is 15.3. The molecule has 1 aromatic carbocycles. The Morgan fingerprint density at radius 1 is 1.31 bits per heavy atom. The van der Waals surface area contributed by atoms with Gasteiger partial charge in [-0.3, -0.25) is 4.79 Å². The summed E-state index contributed by atoms with van der Waals surface area (Å²) in [4.78, 5) is 24.0. The lowest BCUT2D eigenvalue weighted by Gasteiger charge is -2.35. The minimum absolute atomic E-state index is 0.207. The van der Waals surface area contributed by atoms with E-state index in [4.69, 9.17) is 11.6 Å². The lowest BCUT2D eigenvalue weighted by molar-refractivity contribution is 0.0945. The number of nitrogens with zero attached hydrogens (tertiary/aromatic N) is 3. The van der Waals surface area contributed by atoms with E-state index in [2.05, 4.69) is 27.1 Å². The van der Waals surface area contributed by atoms with Crippen LogP contribution in [0.15, 0.2) is 30.3 Å². The van der Waals surface area contributed by atoms with Crippen LogP contribution in [0.1, 0.15) is 54.4 Å². The summed E-state index contributed by atoms with van der Waals surface area (Å²) in [5.74, 6) is 0.459. The number of halogens is 1. The molecule has 2 heterocycles. The van der Waals surface area contributed by atoms with Gasteiger partial charge >= 0.3 is 0 Å². The molecular formula is C20H25ClN4O. The predicted molar refractivity (Wildman–Crippen MR) is 105 cm³/mol. The summed E-state index contributed by atoms with van der Waals surface area (Å²) in [6.45, 7) is 5.41. The summed E-state index contributed by atoms with van der Waals surface area (Å²) in [6, 6.07) is 9.68. The van der Waals surface area contributed by atoms with Crippen LogP contribution in [0.2, 0.25) is 5.02 Å². The highest BCUT2D eigenvalue weighted by atomic mass is 35.5. The molecule has 2 aromatic rings. The number of carbonyl (C=O) groups excluding carboxylic acids is 1. The molecule has 26 heavy (non-hydrogen) atoms. The Morgan fingerprint density at radius 2 is 2.12 bits per heavy atom. The number of rotatable bonds is 5. The van der Waals surface area contributed by atoms with Crippen LogP contribution in [0.4, 0.5) is 5.95 Å². The molecule has 0 bridgehead atoms. The molecule has 0 spiro atoms. The van der Waals surface area contributed by atoms with Crippen molar-refractivity contribution in [1.29, 1.82) is 0 Å². The van der Waals surface area contributed by atoms with Crippen molar-refractivity contribution in [2.75, 3.05) is 11.4 Å². The smallest absolute Gasteiger partial charge is 0.270 e. The van der Waals surface area contributed by atoms with Crippen LogP contribution in [0, 0.1) is 6.92 Å². The lowest BCUT2D eigenvalue weighted by Crippen LogP contribution is -2.40. The molecule has 0 radical (unpaired) electrons. The monoisotopic (exact) mass is 372 g/mol. The second-order valence-corrected chi connectivity index (χ2v) is 7.13. The first-order valence-corrected chi connectivity index (χ1v) is 9.60. The van der Waals surface area contributed by atoms with Crippen LogP contribution in [0.3, 0.4) is 0 Å². The molecule has 1 atom stereocenters. The van der Waals surface area contributed by atoms with Gasteiger partial charge in [0.25, 0.3) is 5.91 Å². The third kappa shape index (κ3) is 4.33. The fourth-order valence-electron chi connectivity index (χ4n) is 3.39. The molecule has 1 aliphatic heterocycles. The number of aryl methyl sites for hydroxylation is 1. The van der Waals surface area contributed by atoms with Crippen LogP contribution < -0.4 is 10.2 Å². The van der Waals surface area contributed by atoms with Gasteiger partial charge in [0, 0.05) is 29.8 Å². The number of amides is 1. The zero-order valence-corrected chi connectivity index (χ0v) is 16.1. The highest BCUT2D eigenvalue weighted by molar-refractivity contribution is 6.31. The molecule has 6 heteroatoms. The van der Waals surface area contributed by atoms with Crippen LogP contribution in [0.5, 0.6) is 0 Å². The van der Waals surface area contributed by atoms with Gasteiger partial charge in [0.1, 0.15) is 5.69 Å². The van der Waals surface area contributed by atoms with Crippen molar-refractivity contribution < 1.29 is 4.79 Å². The van der Waals surface area contributed by atoms with Gasteiger partial charge < -0.3 is 10.2 Å². The van der Waals surface area contributed by atoms with Crippen LogP contribution >= 0.6 is 11.6 Å². The summed E-state index contributed by atoms with van der Waals surface area (Å²) in [5.41, 5.74) is 2.09. The number of benzene rings is 1. The topological polar surface area (TPSA) is 58.1 Å². The molecule has 138 valence electrons. The standard InChI is InChI=1S/C20H25ClN4O/c1-3-16-9-6-7-11-25(16)20-23-14(2)12-18(24-20)19(26)22-13-15-8-4-5-10-17(15)21/h4-5,8,10,12,16H,3,6-7,9,11,13H2,1-2H3,(H,22,26). The second kappa shape index (κ2) is 8.49. The van der Waals surface area contributed by atoms with Gasteiger partial charge in [0.15, 0.2) is 0 Å². The average molecular weight is 373 g/mol. The van der Waals surface area contributed by atoms with Crippen molar-refractivity contribution in [3.05, 3.63) is 52.3 Å². The van der Waals surface area contributed by atoms with E-state index in [0.717, 1.165) is 37.1 Å². The Morgan fingerprint density at radius 3 is 2.88 bits per heavy atom. The molecule has 1 aliphatic rings. The zero-order chi connectivity index (χ0) is 18.5. The number of aromatic nitrogens is 2. The lowest BCUT2D eigenvalue weighted by atomic mass is 10.0. The van der Waals surface area contributed by atoms with Gasteiger partial charge in [-0.1, -0.05) is 36.7 Å². The Hall–Kier alpha value is -2.14. The minimum atomic E-state index is -0.207. The molecule has 0 aliphatic carbocycles. The summed E-state index contributed by atoms with van der Waals surface area (Å²) >= 11 is 6.15. The molecule has 1 saturated heterocycles. The van der Waals surface area contributed by atoms with E-state index in [9.17, 15) is 4.79 Å². The van der Waals surface area contributed by atoms with E-state index >= 15 is 0 Å². The fraction of sp³-hybridized carbons (Fsp3) is 0.450. The predicted octanol–water partition coefficient (Wildman–Crippen LogP) is 4.14. The van der Waals surface area contributed by atoms with E-state index in [-0.39, 0.29) is 5.91 Å². The molecule has 1 fully saturated rings. The molecule has 3 rings (SSSR count). The van der Waals surface area contributed by atoms with E-state index in [1.54, 1.807) is 6.07 Å². The van der Waals surface area contributed by atoms with Gasteiger partial charge in [0.05, 0.1) is 0 Å². The van der Waals surface area contributed by atoms with E-state index in [1.807, 2.05) is 31.2 Å². The summed E-state index contributed by atoms with van der Waals surface area (Å²) in [7, 11) is 0. The maximum atomic E-state index is 12.6. The summed E-state index contributed by atoms with van der Waals surface area (Å²) < 4.78 is 0. The van der Waals surface area contributed by atoms with Crippen LogP contribution in [-0.2, 0) is 6.54 Å². The maximum Gasteiger partial charge on any atom is 0.270 e. The Kier molecular flexibility index (Phi) is 6.09. The van der Waals surface area contributed by atoms with Crippen LogP contribution in [-0.4, -0.2) is 28.5 Å². The number of carbonyl (C=O) groups is 1. The largest absolute Gasteiger partial charge is 0.347 e. The second-order valence-electron chi connectivity index (χ2n) is 6.72. The highest BCUT2D eigenvalue weighted by Crippen LogP contribution is 2.24. The van der Waals surface area contributed by atoms with Gasteiger partial charge in [-0.05, 0) is 50.3 Å². The van der Waals surface area contributed by atoms with Gasteiger partial charge in [-0.2, -0.15) is 0 Å². The average Bonchev–Trinajstić information content (AvgIpc) is 2.66. The van der Waals surface area contributed by atoms with Gasteiger partial charge in [-0.25, -0.2) is 9.97 Å². The van der Waals surface area contributed by atoms with E-state index in [0.29, 0.717) is 29.3 Å². The molecule has 1 unspecified atom stereocenters. The molecular weight excluding hydrogens is 348 g/mol. The number of anilines is 1. The van der Waals surface area contributed by atoms with Crippen molar-refractivity contribution in [2.24, 2.45) is 0 Å². The Bertz CT molecular complexity index is 780. The first kappa shape index (κ1) is 18.6. The normalized spacial score (nSPS) is 17.2. The number of hydrogen-bond acceptors (Lipinski definition) is 4. The Labute approximate surface area is 159 Å². The third-order valence-corrected chi connectivity index (χ3v) is 5.20. The SMILES string of the molecule is CCC1CCCCN1c1nc(C)cc(C(=O)NCc2ccccc2Cl)n1. The van der Waals surface area contributed by atoms with Crippen molar-refractivity contribution in [3.63, 3.8) is 0 Å². The van der Waals surface area contributed by atoms with Gasteiger partial charge in [-0.15, -0.1) is 0 Å². The number of hydrogen-bond donors (Lipinski definition) is 1. The third-order valence-electron chi connectivity index (χ3n) is 4.83. The first-order chi connectivity index (χ1) is 12.6. The minimum Gasteiger partial charge on any atom is -0.347 e. The highest BCUT2D eigenvalue weighted by Gasteiger charge is 2.24. The van der Waals surface area contributed by atoms with Crippen molar-refractivity contribution in [1.82, 2.24) is 15.3 Å². The summed E-state index contributed by atoms with van der Waals surface area (Å²) in [5, 5.41) is 3.55. The van der Waals surface area contributed by atoms with Crippen molar-refractivity contribution >= 4 is 23.5 Å². The molecule has 1 amide bonds.